The highest BCUT2D eigenvalue weighted by atomic mass is 32.2. The average Bonchev–Trinajstić information content (AvgIpc) is 2.66. The van der Waals surface area contributed by atoms with Gasteiger partial charge in [0.1, 0.15) is 5.75 Å². The number of nitrogens with one attached hydrogen (secondary N) is 1. The predicted octanol–water partition coefficient (Wildman–Crippen LogP) is 3.74. The van der Waals surface area contributed by atoms with Crippen LogP contribution < -0.4 is 10.1 Å². The number of ether oxygens (including phenoxy) is 1. The molecule has 5 nitrogen and oxygen atoms in total. The van der Waals surface area contributed by atoms with Crippen LogP contribution in [0.4, 0.5) is 0 Å². The first-order valence-corrected chi connectivity index (χ1v) is 10.4. The van der Waals surface area contributed by atoms with Crippen LogP contribution in [0.25, 0.3) is 10.8 Å². The third-order valence-electron chi connectivity index (χ3n) is 4.47. The molecule has 6 heteroatoms. The molecule has 0 unspecified atom stereocenters. The smallest absolute Gasteiger partial charge is 0.255 e. The summed E-state index contributed by atoms with van der Waals surface area (Å²) in [6.07, 6.45) is 1.17. The van der Waals surface area contributed by atoms with E-state index in [0.717, 1.165) is 16.3 Å². The maximum Gasteiger partial charge on any atom is 0.255 e. The number of carbonyl (C=O) groups is 1. The highest BCUT2D eigenvalue weighted by molar-refractivity contribution is 7.90. The van der Waals surface area contributed by atoms with Crippen molar-refractivity contribution in [3.63, 3.8) is 0 Å². The van der Waals surface area contributed by atoms with Gasteiger partial charge in [0.25, 0.3) is 5.91 Å². The Balaban J connectivity index is 1.85. The zero-order valence-electron chi connectivity index (χ0n) is 15.4. The first kappa shape index (κ1) is 18.9. The normalized spacial score (nSPS) is 12.6. The summed E-state index contributed by atoms with van der Waals surface area (Å²) in [4.78, 5) is 13.0. The Labute approximate surface area is 158 Å². The van der Waals surface area contributed by atoms with Gasteiger partial charge in [0.05, 0.1) is 23.6 Å². The summed E-state index contributed by atoms with van der Waals surface area (Å²) >= 11 is 0. The van der Waals surface area contributed by atoms with Crippen molar-refractivity contribution < 1.29 is 17.9 Å². The molecule has 1 amide bonds. The SMILES string of the molecule is COc1cc2ccccc2cc1C(=O)N[C@@H](C)c1ccc(S(C)(=O)=O)cc1. The number of fused-ring (bicyclic) bond motifs is 1. The second-order valence-corrected chi connectivity index (χ2v) is 8.45. The third-order valence-corrected chi connectivity index (χ3v) is 5.60. The van der Waals surface area contributed by atoms with Gasteiger partial charge in [-0.15, -0.1) is 0 Å². The van der Waals surface area contributed by atoms with Gasteiger partial charge >= 0.3 is 0 Å². The van der Waals surface area contributed by atoms with Crippen molar-refractivity contribution in [1.29, 1.82) is 0 Å². The van der Waals surface area contributed by atoms with Crippen LogP contribution in [0.1, 0.15) is 28.9 Å². The molecule has 0 saturated carbocycles. The largest absolute Gasteiger partial charge is 0.496 e. The Bertz CT molecular complexity index is 1090. The van der Waals surface area contributed by atoms with Gasteiger partial charge in [-0.25, -0.2) is 8.42 Å². The van der Waals surface area contributed by atoms with Crippen molar-refractivity contribution in [1.82, 2.24) is 5.32 Å². The minimum absolute atomic E-state index is 0.251. The molecule has 0 fully saturated rings. The molecule has 0 aromatic heterocycles. The van der Waals surface area contributed by atoms with E-state index in [1.165, 1.54) is 13.4 Å². The zero-order valence-corrected chi connectivity index (χ0v) is 16.2. The molecule has 140 valence electrons. The number of hydrogen-bond donors (Lipinski definition) is 1. The van der Waals surface area contributed by atoms with Gasteiger partial charge < -0.3 is 10.1 Å². The van der Waals surface area contributed by atoms with Crippen molar-refractivity contribution in [3.05, 3.63) is 71.8 Å². The molecule has 0 aliphatic carbocycles. The number of hydrogen-bond acceptors (Lipinski definition) is 4. The first-order valence-electron chi connectivity index (χ1n) is 8.47. The number of methoxy groups -OCH3 is 1. The Kier molecular flexibility index (Phi) is 5.19. The minimum atomic E-state index is -3.25. The lowest BCUT2D eigenvalue weighted by atomic mass is 10.0. The number of sulfone groups is 1. The van der Waals surface area contributed by atoms with Crippen LogP contribution in [0.2, 0.25) is 0 Å². The summed E-state index contributed by atoms with van der Waals surface area (Å²) < 4.78 is 28.5. The van der Waals surface area contributed by atoms with Gasteiger partial charge in [0.15, 0.2) is 9.84 Å². The molecule has 0 aliphatic rings. The molecule has 3 aromatic rings. The molecule has 0 aliphatic heterocycles. The fourth-order valence-corrected chi connectivity index (χ4v) is 3.56. The molecule has 27 heavy (non-hydrogen) atoms. The van der Waals surface area contributed by atoms with Crippen LogP contribution >= 0.6 is 0 Å². The van der Waals surface area contributed by atoms with E-state index in [9.17, 15) is 13.2 Å². The third kappa shape index (κ3) is 4.11. The van der Waals surface area contributed by atoms with Gasteiger partial charge in [0.2, 0.25) is 0 Å². The van der Waals surface area contributed by atoms with E-state index >= 15 is 0 Å². The summed E-state index contributed by atoms with van der Waals surface area (Å²) in [7, 11) is -1.71. The second-order valence-electron chi connectivity index (χ2n) is 6.44. The molecule has 0 saturated heterocycles. The predicted molar refractivity (Wildman–Crippen MR) is 106 cm³/mol. The zero-order chi connectivity index (χ0) is 19.6. The monoisotopic (exact) mass is 383 g/mol. The van der Waals surface area contributed by atoms with Gasteiger partial charge in [0, 0.05) is 6.26 Å². The lowest BCUT2D eigenvalue weighted by molar-refractivity contribution is 0.0937. The van der Waals surface area contributed by atoms with Gasteiger partial charge in [-0.05, 0) is 47.5 Å². The first-order chi connectivity index (χ1) is 12.8. The number of carbonyl (C=O) groups excluding carboxylic acids is 1. The Hall–Kier alpha value is -2.86. The van der Waals surface area contributed by atoms with E-state index in [2.05, 4.69) is 5.32 Å². The van der Waals surface area contributed by atoms with Crippen molar-refractivity contribution in [2.24, 2.45) is 0 Å². The molecular weight excluding hydrogens is 362 g/mol. The van der Waals surface area contributed by atoms with Crippen LogP contribution in [0.3, 0.4) is 0 Å². The fourth-order valence-electron chi connectivity index (χ4n) is 2.93. The molecule has 3 aromatic carbocycles. The molecule has 3 rings (SSSR count). The number of rotatable bonds is 5. The van der Waals surface area contributed by atoms with Crippen LogP contribution in [0.15, 0.2) is 65.6 Å². The van der Waals surface area contributed by atoms with Crippen LogP contribution in [-0.4, -0.2) is 27.7 Å². The Morgan fingerprint density at radius 1 is 1.00 bits per heavy atom. The van der Waals surface area contributed by atoms with Crippen molar-refractivity contribution in [2.75, 3.05) is 13.4 Å². The van der Waals surface area contributed by atoms with Crippen molar-refractivity contribution in [3.8, 4) is 5.75 Å². The Morgan fingerprint density at radius 2 is 1.59 bits per heavy atom. The van der Waals surface area contributed by atoms with E-state index < -0.39 is 9.84 Å². The number of amides is 1. The summed E-state index contributed by atoms with van der Waals surface area (Å²) in [6, 6.07) is 17.6. The highest BCUT2D eigenvalue weighted by Gasteiger charge is 2.17. The minimum Gasteiger partial charge on any atom is -0.496 e. The van der Waals surface area contributed by atoms with E-state index in [1.807, 2.05) is 43.3 Å². The number of benzene rings is 3. The van der Waals surface area contributed by atoms with Crippen LogP contribution in [0, 0.1) is 0 Å². The van der Waals surface area contributed by atoms with E-state index in [1.54, 1.807) is 24.3 Å². The summed E-state index contributed by atoms with van der Waals surface area (Å²) in [5.41, 5.74) is 1.27. The second kappa shape index (κ2) is 7.40. The van der Waals surface area contributed by atoms with Gasteiger partial charge in [-0.1, -0.05) is 36.4 Å². The van der Waals surface area contributed by atoms with E-state index in [0.29, 0.717) is 11.3 Å². The topological polar surface area (TPSA) is 72.5 Å². The summed E-state index contributed by atoms with van der Waals surface area (Å²) in [5, 5.41) is 4.89. The average molecular weight is 383 g/mol. The van der Waals surface area contributed by atoms with Crippen molar-refractivity contribution >= 4 is 26.5 Å². The molecule has 0 bridgehead atoms. The molecular formula is C21H21NO4S. The quantitative estimate of drug-likeness (QED) is 0.728. The summed E-state index contributed by atoms with van der Waals surface area (Å²) in [6.45, 7) is 1.85. The molecule has 1 N–H and O–H groups in total. The molecule has 1 atom stereocenters. The highest BCUT2D eigenvalue weighted by Crippen LogP contribution is 2.26. The fraction of sp³-hybridized carbons (Fsp3) is 0.190. The molecule has 0 spiro atoms. The van der Waals surface area contributed by atoms with Gasteiger partial charge in [-0.3, -0.25) is 4.79 Å². The standard InChI is InChI=1S/C21H21NO4S/c1-14(15-8-10-18(11-9-15)27(3,24)25)22-21(23)19-12-16-6-4-5-7-17(16)13-20(19)26-2/h4-14H,1-3H3,(H,22,23)/t14-/m0/s1. The van der Waals surface area contributed by atoms with Crippen LogP contribution in [0.5, 0.6) is 5.75 Å². The lowest BCUT2D eigenvalue weighted by Gasteiger charge is -2.16. The lowest BCUT2D eigenvalue weighted by Crippen LogP contribution is -2.27. The Morgan fingerprint density at radius 3 is 2.15 bits per heavy atom. The van der Waals surface area contributed by atoms with Gasteiger partial charge in [-0.2, -0.15) is 0 Å². The molecule has 0 radical (unpaired) electrons. The van der Waals surface area contributed by atoms with E-state index in [-0.39, 0.29) is 16.8 Å². The van der Waals surface area contributed by atoms with E-state index in [4.69, 9.17) is 4.74 Å². The maximum absolute atomic E-state index is 12.8. The van der Waals surface area contributed by atoms with Crippen molar-refractivity contribution in [2.45, 2.75) is 17.9 Å². The maximum atomic E-state index is 12.8. The summed E-state index contributed by atoms with van der Waals surface area (Å²) in [5.74, 6) is 0.253. The van der Waals surface area contributed by atoms with Crippen LogP contribution in [-0.2, 0) is 9.84 Å². The molecule has 0 heterocycles.